The monoisotopic (exact) mass is 467 g/mol. The number of ketones is 1. The summed E-state index contributed by atoms with van der Waals surface area (Å²) >= 11 is 0. The molecule has 34 heavy (non-hydrogen) atoms. The Labute approximate surface area is 200 Å². The molecule has 1 atom stereocenters. The van der Waals surface area contributed by atoms with Crippen LogP contribution >= 0.6 is 0 Å². The molecule has 0 aliphatic carbocycles. The van der Waals surface area contributed by atoms with Gasteiger partial charge in [-0.05, 0) is 61.7 Å². The molecule has 182 valence electrons. The maximum atomic E-state index is 13.1. The topological polar surface area (TPSA) is 85.3 Å². The lowest BCUT2D eigenvalue weighted by Gasteiger charge is -2.26. The van der Waals surface area contributed by atoms with Gasteiger partial charge in [0.1, 0.15) is 17.3 Å². The summed E-state index contributed by atoms with van der Waals surface area (Å²) in [6.45, 7) is 8.99. The molecule has 7 heteroatoms. The van der Waals surface area contributed by atoms with Crippen molar-refractivity contribution in [2.45, 2.75) is 39.8 Å². The lowest BCUT2D eigenvalue weighted by Crippen LogP contribution is -2.33. The first-order chi connectivity index (χ1) is 16.2. The SMILES string of the molecule is COc1cccc(C2/C(=C(/O)c3ccc(OCC(C)C)cc3)C(=O)C(=O)N2CCOC(C)C)c1. The third-order valence-corrected chi connectivity index (χ3v) is 5.44. The van der Waals surface area contributed by atoms with Gasteiger partial charge in [0.25, 0.3) is 11.7 Å². The lowest BCUT2D eigenvalue weighted by molar-refractivity contribution is -0.140. The van der Waals surface area contributed by atoms with E-state index >= 15 is 0 Å². The highest BCUT2D eigenvalue weighted by atomic mass is 16.5. The van der Waals surface area contributed by atoms with Crippen LogP contribution in [-0.2, 0) is 14.3 Å². The number of carbonyl (C=O) groups is 2. The van der Waals surface area contributed by atoms with Gasteiger partial charge in [0.15, 0.2) is 0 Å². The highest BCUT2D eigenvalue weighted by molar-refractivity contribution is 6.46. The lowest BCUT2D eigenvalue weighted by atomic mass is 9.95. The Bertz CT molecular complexity index is 1040. The number of rotatable bonds is 10. The van der Waals surface area contributed by atoms with Crippen molar-refractivity contribution in [1.82, 2.24) is 4.90 Å². The predicted molar refractivity (Wildman–Crippen MR) is 130 cm³/mol. The molecule has 0 radical (unpaired) electrons. The fourth-order valence-corrected chi connectivity index (χ4v) is 3.78. The Morgan fingerprint density at radius 2 is 1.74 bits per heavy atom. The van der Waals surface area contributed by atoms with E-state index in [2.05, 4.69) is 13.8 Å². The molecular formula is C27H33NO6. The molecule has 1 unspecified atom stereocenters. The standard InChI is InChI=1S/C27H33NO6/c1-17(2)16-34-21-11-9-19(10-12-21)25(29)23-24(20-7-6-8-22(15-20)32-5)28(27(31)26(23)30)13-14-33-18(3)4/h6-12,15,17-18,24,29H,13-14,16H2,1-5H3/b25-23-. The first-order valence-corrected chi connectivity index (χ1v) is 11.5. The molecule has 3 rings (SSSR count). The minimum Gasteiger partial charge on any atom is -0.507 e. The molecule has 0 spiro atoms. The molecular weight excluding hydrogens is 434 g/mol. The first-order valence-electron chi connectivity index (χ1n) is 11.5. The third-order valence-electron chi connectivity index (χ3n) is 5.44. The van der Waals surface area contributed by atoms with Crippen LogP contribution in [0.5, 0.6) is 11.5 Å². The normalized spacial score (nSPS) is 17.6. The number of benzene rings is 2. The largest absolute Gasteiger partial charge is 0.507 e. The van der Waals surface area contributed by atoms with Gasteiger partial charge in [-0.1, -0.05) is 26.0 Å². The van der Waals surface area contributed by atoms with Crippen molar-refractivity contribution in [1.29, 1.82) is 0 Å². The molecule has 2 aromatic carbocycles. The van der Waals surface area contributed by atoms with Crippen LogP contribution in [0.4, 0.5) is 0 Å². The van der Waals surface area contributed by atoms with Gasteiger partial charge in [0.05, 0.1) is 38.0 Å². The third kappa shape index (κ3) is 5.78. The van der Waals surface area contributed by atoms with Crippen molar-refractivity contribution < 1.29 is 28.9 Å². The second-order valence-corrected chi connectivity index (χ2v) is 8.92. The summed E-state index contributed by atoms with van der Waals surface area (Å²) in [6, 6.07) is 13.2. The zero-order valence-corrected chi connectivity index (χ0v) is 20.4. The molecule has 1 aliphatic rings. The van der Waals surface area contributed by atoms with Gasteiger partial charge in [-0.15, -0.1) is 0 Å². The maximum Gasteiger partial charge on any atom is 0.295 e. The van der Waals surface area contributed by atoms with E-state index in [1.807, 2.05) is 19.9 Å². The van der Waals surface area contributed by atoms with Gasteiger partial charge in [0, 0.05) is 12.1 Å². The first kappa shape index (κ1) is 25.3. The van der Waals surface area contributed by atoms with Gasteiger partial charge < -0.3 is 24.2 Å². The summed E-state index contributed by atoms with van der Waals surface area (Å²) in [5, 5.41) is 11.2. The van der Waals surface area contributed by atoms with E-state index in [1.54, 1.807) is 49.6 Å². The van der Waals surface area contributed by atoms with E-state index in [1.165, 1.54) is 4.90 Å². The van der Waals surface area contributed by atoms with Crippen molar-refractivity contribution >= 4 is 17.4 Å². The summed E-state index contributed by atoms with van der Waals surface area (Å²) in [5.41, 5.74) is 1.14. The Morgan fingerprint density at radius 3 is 2.35 bits per heavy atom. The number of Topliss-reactive ketones (excluding diaryl/α,β-unsaturated/α-hetero) is 1. The van der Waals surface area contributed by atoms with E-state index in [0.717, 1.165) is 0 Å². The zero-order chi connectivity index (χ0) is 24.8. The highest BCUT2D eigenvalue weighted by Gasteiger charge is 2.46. The number of nitrogens with zero attached hydrogens (tertiary/aromatic N) is 1. The van der Waals surface area contributed by atoms with Gasteiger partial charge in [-0.3, -0.25) is 9.59 Å². The van der Waals surface area contributed by atoms with Crippen molar-refractivity contribution in [2.75, 3.05) is 26.9 Å². The molecule has 0 saturated carbocycles. The minimum atomic E-state index is -0.761. The number of aliphatic hydroxyl groups excluding tert-OH is 1. The quantitative estimate of drug-likeness (QED) is 0.313. The molecule has 0 bridgehead atoms. The van der Waals surface area contributed by atoms with Crippen LogP contribution in [0.1, 0.15) is 44.9 Å². The number of methoxy groups -OCH3 is 1. The Kier molecular flexibility index (Phi) is 8.34. The van der Waals surface area contributed by atoms with E-state index < -0.39 is 17.7 Å². The molecule has 2 aromatic rings. The van der Waals surface area contributed by atoms with E-state index in [9.17, 15) is 14.7 Å². The van der Waals surface area contributed by atoms with E-state index in [0.29, 0.717) is 35.2 Å². The molecule has 1 amide bonds. The molecule has 1 fully saturated rings. The average Bonchev–Trinajstić information content (AvgIpc) is 3.07. The number of hydrogen-bond donors (Lipinski definition) is 1. The van der Waals surface area contributed by atoms with Crippen molar-refractivity contribution in [2.24, 2.45) is 5.92 Å². The second kappa shape index (κ2) is 11.2. The van der Waals surface area contributed by atoms with Gasteiger partial charge in [-0.2, -0.15) is 0 Å². The van der Waals surface area contributed by atoms with Gasteiger partial charge in [-0.25, -0.2) is 0 Å². The maximum absolute atomic E-state index is 13.1. The molecule has 1 saturated heterocycles. The molecule has 1 heterocycles. The fourth-order valence-electron chi connectivity index (χ4n) is 3.78. The summed E-state index contributed by atoms with van der Waals surface area (Å²) in [5.74, 6) is 0.0168. The molecule has 7 nitrogen and oxygen atoms in total. The van der Waals surface area contributed by atoms with Crippen LogP contribution in [0, 0.1) is 5.92 Å². The smallest absolute Gasteiger partial charge is 0.295 e. The Hall–Kier alpha value is -3.32. The second-order valence-electron chi connectivity index (χ2n) is 8.92. The van der Waals surface area contributed by atoms with Crippen LogP contribution < -0.4 is 9.47 Å². The van der Waals surface area contributed by atoms with Gasteiger partial charge >= 0.3 is 0 Å². The van der Waals surface area contributed by atoms with Crippen molar-refractivity contribution in [3.63, 3.8) is 0 Å². The summed E-state index contributed by atoms with van der Waals surface area (Å²) in [4.78, 5) is 27.5. The average molecular weight is 468 g/mol. The summed E-state index contributed by atoms with van der Waals surface area (Å²) < 4.78 is 16.7. The molecule has 1 N–H and O–H groups in total. The van der Waals surface area contributed by atoms with Crippen LogP contribution in [0.15, 0.2) is 54.1 Å². The number of likely N-dealkylation sites (tertiary alicyclic amines) is 1. The minimum absolute atomic E-state index is 0.0106. The van der Waals surface area contributed by atoms with Crippen LogP contribution in [0.2, 0.25) is 0 Å². The number of carbonyl (C=O) groups excluding carboxylic acids is 2. The van der Waals surface area contributed by atoms with Crippen molar-refractivity contribution in [3.8, 4) is 11.5 Å². The fraction of sp³-hybridized carbons (Fsp3) is 0.407. The van der Waals surface area contributed by atoms with Crippen molar-refractivity contribution in [3.05, 3.63) is 65.2 Å². The number of ether oxygens (including phenoxy) is 3. The number of hydrogen-bond acceptors (Lipinski definition) is 6. The number of amides is 1. The van der Waals surface area contributed by atoms with E-state index in [-0.39, 0.29) is 30.6 Å². The Balaban J connectivity index is 2.01. The Morgan fingerprint density at radius 1 is 1.03 bits per heavy atom. The zero-order valence-electron chi connectivity index (χ0n) is 20.4. The summed E-state index contributed by atoms with van der Waals surface area (Å²) in [6.07, 6.45) is -0.0106. The molecule has 0 aromatic heterocycles. The highest BCUT2D eigenvalue weighted by Crippen LogP contribution is 2.40. The predicted octanol–water partition coefficient (Wildman–Crippen LogP) is 4.58. The van der Waals surface area contributed by atoms with E-state index in [4.69, 9.17) is 14.2 Å². The van der Waals surface area contributed by atoms with Crippen LogP contribution in [-0.4, -0.2) is 54.7 Å². The van der Waals surface area contributed by atoms with Crippen LogP contribution in [0.25, 0.3) is 5.76 Å². The summed E-state index contributed by atoms with van der Waals surface area (Å²) in [7, 11) is 1.55. The van der Waals surface area contributed by atoms with Gasteiger partial charge in [0.2, 0.25) is 0 Å². The number of aliphatic hydroxyl groups is 1. The van der Waals surface area contributed by atoms with Crippen LogP contribution in [0.3, 0.4) is 0 Å². The molecule has 1 aliphatic heterocycles.